The van der Waals surface area contributed by atoms with Gasteiger partial charge >= 0.3 is 0 Å². The van der Waals surface area contributed by atoms with E-state index in [4.69, 9.17) is 16.9 Å². The summed E-state index contributed by atoms with van der Waals surface area (Å²) in [6, 6.07) is 9.19. The number of hydrogen-bond donors (Lipinski definition) is 1. The molecule has 0 bridgehead atoms. The lowest BCUT2D eigenvalue weighted by molar-refractivity contribution is 0.588. The number of aromatic nitrogens is 2. The highest BCUT2D eigenvalue weighted by Gasteiger charge is 2.17. The fourth-order valence-corrected chi connectivity index (χ4v) is 3.00. The van der Waals surface area contributed by atoms with Crippen molar-refractivity contribution in [2.45, 2.75) is 0 Å². The van der Waals surface area contributed by atoms with E-state index in [2.05, 4.69) is 15.3 Å². The van der Waals surface area contributed by atoms with Gasteiger partial charge in [-0.15, -0.1) is 0 Å². The third-order valence-electron chi connectivity index (χ3n) is 2.62. The van der Waals surface area contributed by atoms with Gasteiger partial charge in [-0.25, -0.2) is 4.98 Å². The SMILES string of the molecule is CP(C)(=O)c1ccccc1Nc1nc(Cl)ncc1C#N. The molecule has 0 atom stereocenters. The maximum absolute atomic E-state index is 12.3. The van der Waals surface area contributed by atoms with Gasteiger partial charge in [0.25, 0.3) is 0 Å². The fraction of sp³-hybridized carbons (Fsp3) is 0.154. The van der Waals surface area contributed by atoms with Gasteiger partial charge in [-0.2, -0.15) is 10.2 Å². The van der Waals surface area contributed by atoms with Crippen molar-refractivity contribution >= 4 is 35.6 Å². The molecule has 7 heteroatoms. The highest BCUT2D eigenvalue weighted by molar-refractivity contribution is 7.70. The van der Waals surface area contributed by atoms with Crippen molar-refractivity contribution in [3.05, 3.63) is 41.3 Å². The van der Waals surface area contributed by atoms with E-state index in [1.807, 2.05) is 18.2 Å². The first-order valence-corrected chi connectivity index (χ1v) is 8.74. The monoisotopic (exact) mass is 306 g/mol. The van der Waals surface area contributed by atoms with E-state index < -0.39 is 7.14 Å². The molecule has 0 saturated heterocycles. The topological polar surface area (TPSA) is 78.7 Å². The summed E-state index contributed by atoms with van der Waals surface area (Å²) in [4.78, 5) is 7.75. The van der Waals surface area contributed by atoms with E-state index >= 15 is 0 Å². The Kier molecular flexibility index (Phi) is 4.08. The van der Waals surface area contributed by atoms with Crippen molar-refractivity contribution in [3.63, 3.8) is 0 Å². The maximum atomic E-state index is 12.3. The minimum atomic E-state index is -2.45. The Morgan fingerprint density at radius 1 is 1.35 bits per heavy atom. The highest BCUT2D eigenvalue weighted by atomic mass is 35.5. The lowest BCUT2D eigenvalue weighted by atomic mass is 10.3. The summed E-state index contributed by atoms with van der Waals surface area (Å²) in [6.07, 6.45) is 1.35. The Bertz CT molecular complexity index is 735. The van der Waals surface area contributed by atoms with E-state index in [1.165, 1.54) is 6.20 Å². The summed E-state index contributed by atoms with van der Waals surface area (Å²) < 4.78 is 12.3. The van der Waals surface area contributed by atoms with Gasteiger partial charge < -0.3 is 9.88 Å². The van der Waals surface area contributed by atoms with Crippen molar-refractivity contribution in [1.82, 2.24) is 9.97 Å². The third kappa shape index (κ3) is 3.16. The zero-order valence-corrected chi connectivity index (χ0v) is 12.6. The number of anilines is 2. The Morgan fingerprint density at radius 2 is 2.05 bits per heavy atom. The molecule has 102 valence electrons. The van der Waals surface area contributed by atoms with Crippen LogP contribution in [0.4, 0.5) is 11.5 Å². The number of para-hydroxylation sites is 1. The molecule has 0 radical (unpaired) electrons. The molecular weight excluding hydrogens is 295 g/mol. The van der Waals surface area contributed by atoms with Gasteiger partial charge in [0, 0.05) is 5.30 Å². The standard InChI is InChI=1S/C13H12ClN4OP/c1-20(2,19)11-6-4-3-5-10(11)17-12-9(7-15)8-16-13(14)18-12/h3-6,8H,1-2H3,(H,16,17,18). The number of rotatable bonds is 3. The number of nitriles is 1. The van der Waals surface area contributed by atoms with Crippen molar-refractivity contribution in [2.24, 2.45) is 0 Å². The summed E-state index contributed by atoms with van der Waals surface area (Å²) in [5, 5.41) is 12.8. The normalized spacial score (nSPS) is 10.9. The van der Waals surface area contributed by atoms with Crippen LogP contribution in [0.1, 0.15) is 5.56 Å². The molecular formula is C13H12ClN4OP. The Morgan fingerprint density at radius 3 is 2.70 bits per heavy atom. The smallest absolute Gasteiger partial charge is 0.224 e. The zero-order valence-electron chi connectivity index (χ0n) is 11.0. The molecule has 1 aromatic carbocycles. The summed E-state index contributed by atoms with van der Waals surface area (Å²) in [5.41, 5.74) is 0.915. The van der Waals surface area contributed by atoms with Gasteiger partial charge in [-0.3, -0.25) is 0 Å². The number of nitrogens with zero attached hydrogens (tertiary/aromatic N) is 3. The molecule has 20 heavy (non-hydrogen) atoms. The lowest BCUT2D eigenvalue weighted by Gasteiger charge is -2.15. The lowest BCUT2D eigenvalue weighted by Crippen LogP contribution is -2.10. The molecule has 1 aromatic heterocycles. The predicted octanol–water partition coefficient (Wildman–Crippen LogP) is 2.99. The predicted molar refractivity (Wildman–Crippen MR) is 80.6 cm³/mol. The fourth-order valence-electron chi connectivity index (χ4n) is 1.71. The molecule has 5 nitrogen and oxygen atoms in total. The van der Waals surface area contributed by atoms with E-state index in [-0.39, 0.29) is 10.8 Å². The van der Waals surface area contributed by atoms with Crippen LogP contribution in [0.25, 0.3) is 0 Å². The molecule has 2 aromatic rings. The van der Waals surface area contributed by atoms with Crippen molar-refractivity contribution in [1.29, 1.82) is 5.26 Å². The number of benzene rings is 1. The van der Waals surface area contributed by atoms with E-state index in [0.717, 1.165) is 0 Å². The van der Waals surface area contributed by atoms with Crippen LogP contribution < -0.4 is 10.6 Å². The Hall–Kier alpha value is -1.89. The quantitative estimate of drug-likeness (QED) is 0.696. The minimum Gasteiger partial charge on any atom is -0.338 e. The van der Waals surface area contributed by atoms with Gasteiger partial charge in [0.15, 0.2) is 5.82 Å². The molecule has 2 rings (SSSR count). The molecule has 0 aliphatic rings. The van der Waals surface area contributed by atoms with E-state index in [1.54, 1.807) is 25.5 Å². The second-order valence-corrected chi connectivity index (χ2v) is 8.03. The third-order valence-corrected chi connectivity index (χ3v) is 4.35. The molecule has 0 saturated carbocycles. The average Bonchev–Trinajstić information content (AvgIpc) is 2.38. The Balaban J connectivity index is 2.49. The highest BCUT2D eigenvalue weighted by Crippen LogP contribution is 2.38. The molecule has 0 amide bonds. The summed E-state index contributed by atoms with van der Waals surface area (Å²) in [6.45, 7) is 3.37. The van der Waals surface area contributed by atoms with Crippen LogP contribution in [0, 0.1) is 11.3 Å². The Labute approximate surface area is 122 Å². The second-order valence-electron chi connectivity index (χ2n) is 4.51. The summed E-state index contributed by atoms with van der Waals surface area (Å²) in [7, 11) is -2.45. The first-order valence-electron chi connectivity index (χ1n) is 5.76. The van der Waals surface area contributed by atoms with Crippen LogP contribution in [0.15, 0.2) is 30.5 Å². The average molecular weight is 307 g/mol. The van der Waals surface area contributed by atoms with Crippen LogP contribution in [-0.2, 0) is 4.57 Å². The van der Waals surface area contributed by atoms with Crippen LogP contribution in [0.3, 0.4) is 0 Å². The number of halogens is 1. The molecule has 0 fully saturated rings. The second kappa shape index (κ2) is 5.62. The molecule has 1 N–H and O–H groups in total. The summed E-state index contributed by atoms with van der Waals surface area (Å²) in [5.74, 6) is 0.299. The van der Waals surface area contributed by atoms with Gasteiger partial charge in [0.1, 0.15) is 18.8 Å². The largest absolute Gasteiger partial charge is 0.338 e. The molecule has 0 unspecified atom stereocenters. The first-order chi connectivity index (χ1) is 9.41. The molecule has 0 spiro atoms. The molecule has 1 heterocycles. The van der Waals surface area contributed by atoms with Gasteiger partial charge in [0.2, 0.25) is 5.28 Å². The number of nitrogens with one attached hydrogen (secondary N) is 1. The molecule has 0 aliphatic carbocycles. The maximum Gasteiger partial charge on any atom is 0.224 e. The van der Waals surface area contributed by atoms with Crippen LogP contribution in [0.5, 0.6) is 0 Å². The van der Waals surface area contributed by atoms with E-state index in [0.29, 0.717) is 16.8 Å². The van der Waals surface area contributed by atoms with Gasteiger partial charge in [-0.1, -0.05) is 12.1 Å². The minimum absolute atomic E-state index is 0.0418. The van der Waals surface area contributed by atoms with Crippen LogP contribution in [-0.4, -0.2) is 23.3 Å². The van der Waals surface area contributed by atoms with Crippen molar-refractivity contribution < 1.29 is 4.57 Å². The van der Waals surface area contributed by atoms with Gasteiger partial charge in [0.05, 0.1) is 11.9 Å². The number of hydrogen-bond acceptors (Lipinski definition) is 5. The van der Waals surface area contributed by atoms with Crippen molar-refractivity contribution in [2.75, 3.05) is 18.6 Å². The van der Waals surface area contributed by atoms with Crippen molar-refractivity contribution in [3.8, 4) is 6.07 Å². The molecule has 0 aliphatic heterocycles. The zero-order chi connectivity index (χ0) is 14.8. The van der Waals surface area contributed by atoms with E-state index in [9.17, 15) is 4.57 Å². The first kappa shape index (κ1) is 14.5. The van der Waals surface area contributed by atoms with Crippen LogP contribution >= 0.6 is 18.7 Å². The summed E-state index contributed by atoms with van der Waals surface area (Å²) >= 11 is 5.74. The van der Waals surface area contributed by atoms with Gasteiger partial charge in [-0.05, 0) is 37.1 Å². The van der Waals surface area contributed by atoms with Crippen LogP contribution in [0.2, 0.25) is 5.28 Å².